The Morgan fingerprint density at radius 1 is 1.26 bits per heavy atom. The van der Waals surface area contributed by atoms with Gasteiger partial charge in [-0.2, -0.15) is 0 Å². The van der Waals surface area contributed by atoms with Crippen molar-refractivity contribution in [3.63, 3.8) is 0 Å². The number of aromatic nitrogens is 1. The zero-order chi connectivity index (χ0) is 14.1. The largest absolute Gasteiger partial charge is 0.369 e. The van der Waals surface area contributed by atoms with E-state index in [-0.39, 0.29) is 5.91 Å². The van der Waals surface area contributed by atoms with Crippen LogP contribution in [0.5, 0.6) is 0 Å². The minimum Gasteiger partial charge on any atom is -0.369 e. The maximum absolute atomic E-state index is 11.9. The van der Waals surface area contributed by atoms with Crippen molar-refractivity contribution < 1.29 is 9.59 Å². The van der Waals surface area contributed by atoms with Gasteiger partial charge in [-0.3, -0.25) is 4.79 Å². The zero-order valence-corrected chi connectivity index (χ0v) is 10.9. The van der Waals surface area contributed by atoms with Gasteiger partial charge in [0.15, 0.2) is 0 Å². The molecule has 1 aromatic rings. The molecule has 0 spiro atoms. The van der Waals surface area contributed by atoms with Crippen molar-refractivity contribution in [3.8, 4) is 0 Å². The fourth-order valence-electron chi connectivity index (χ4n) is 1.43. The number of rotatable bonds is 7. The van der Waals surface area contributed by atoms with Crippen LogP contribution in [0.4, 0.5) is 10.6 Å². The second kappa shape index (κ2) is 7.91. The highest BCUT2D eigenvalue weighted by Crippen LogP contribution is 2.10. The van der Waals surface area contributed by atoms with Crippen molar-refractivity contribution >= 4 is 17.8 Å². The van der Waals surface area contributed by atoms with Crippen LogP contribution in [-0.4, -0.2) is 36.6 Å². The summed E-state index contributed by atoms with van der Waals surface area (Å²) in [5.41, 5.74) is 5.40. The minimum atomic E-state index is -0.610. The molecule has 5 N–H and O–H groups in total. The predicted molar refractivity (Wildman–Crippen MR) is 72.9 cm³/mol. The van der Waals surface area contributed by atoms with E-state index in [1.807, 2.05) is 6.92 Å². The lowest BCUT2D eigenvalue weighted by Crippen LogP contribution is -2.37. The second-order valence-corrected chi connectivity index (χ2v) is 3.87. The van der Waals surface area contributed by atoms with Crippen LogP contribution in [0.2, 0.25) is 0 Å². The first kappa shape index (κ1) is 14.7. The third kappa shape index (κ3) is 5.24. The van der Waals surface area contributed by atoms with Gasteiger partial charge in [-0.25, -0.2) is 9.78 Å². The molecule has 1 rings (SSSR count). The molecule has 0 aliphatic carbocycles. The Labute approximate surface area is 112 Å². The summed E-state index contributed by atoms with van der Waals surface area (Å²) in [7, 11) is 0. The average molecular weight is 265 g/mol. The smallest absolute Gasteiger partial charge is 0.312 e. The monoisotopic (exact) mass is 265 g/mol. The molecule has 0 saturated carbocycles. The maximum atomic E-state index is 11.9. The highest BCUT2D eigenvalue weighted by atomic mass is 16.2. The number of anilines is 1. The number of nitrogens with one attached hydrogen (secondary N) is 3. The van der Waals surface area contributed by atoms with E-state index >= 15 is 0 Å². The molecule has 7 heteroatoms. The van der Waals surface area contributed by atoms with Gasteiger partial charge in [0, 0.05) is 25.8 Å². The molecule has 0 fully saturated rings. The number of carbonyl (C=O) groups excluding carboxylic acids is 2. The molecule has 0 atom stereocenters. The van der Waals surface area contributed by atoms with Gasteiger partial charge < -0.3 is 21.7 Å². The average Bonchev–Trinajstić information content (AvgIpc) is 2.41. The van der Waals surface area contributed by atoms with Crippen molar-refractivity contribution in [2.45, 2.75) is 13.3 Å². The highest BCUT2D eigenvalue weighted by Gasteiger charge is 2.10. The van der Waals surface area contributed by atoms with Gasteiger partial charge in [0.2, 0.25) is 0 Å². The summed E-state index contributed by atoms with van der Waals surface area (Å²) in [5.74, 6) is 0.322. The van der Waals surface area contributed by atoms with E-state index in [9.17, 15) is 9.59 Å². The summed E-state index contributed by atoms with van der Waals surface area (Å²) in [5, 5.41) is 8.17. The van der Waals surface area contributed by atoms with Crippen LogP contribution >= 0.6 is 0 Å². The standard InChI is InChI=1S/C12H19N5O2/c1-2-5-14-10-9(4-3-6-15-10)11(18)16-7-8-17-12(13)19/h3-4,6H,2,5,7-8H2,1H3,(H,14,15)(H,16,18)(H3,13,17,19). The van der Waals surface area contributed by atoms with Crippen molar-refractivity contribution in [3.05, 3.63) is 23.9 Å². The molecule has 104 valence electrons. The van der Waals surface area contributed by atoms with Crippen molar-refractivity contribution in [1.82, 2.24) is 15.6 Å². The topological polar surface area (TPSA) is 109 Å². The minimum absolute atomic E-state index is 0.238. The highest BCUT2D eigenvalue weighted by molar-refractivity contribution is 5.98. The Hall–Kier alpha value is -2.31. The molecule has 7 nitrogen and oxygen atoms in total. The first-order chi connectivity index (χ1) is 9.15. The van der Waals surface area contributed by atoms with Crippen LogP contribution in [0.3, 0.4) is 0 Å². The van der Waals surface area contributed by atoms with Gasteiger partial charge in [0.1, 0.15) is 5.82 Å². The first-order valence-corrected chi connectivity index (χ1v) is 6.15. The fraction of sp³-hybridized carbons (Fsp3) is 0.417. The van der Waals surface area contributed by atoms with Crippen LogP contribution in [0.1, 0.15) is 23.7 Å². The Morgan fingerprint density at radius 3 is 2.68 bits per heavy atom. The third-order valence-electron chi connectivity index (χ3n) is 2.30. The van der Waals surface area contributed by atoms with Gasteiger partial charge in [0.05, 0.1) is 5.56 Å². The van der Waals surface area contributed by atoms with E-state index < -0.39 is 6.03 Å². The molecule has 0 aliphatic rings. The molecule has 0 bridgehead atoms. The fourth-order valence-corrected chi connectivity index (χ4v) is 1.43. The molecule has 0 radical (unpaired) electrons. The predicted octanol–water partition coefficient (Wildman–Crippen LogP) is 0.302. The number of amides is 3. The zero-order valence-electron chi connectivity index (χ0n) is 10.9. The van der Waals surface area contributed by atoms with Crippen LogP contribution in [0.25, 0.3) is 0 Å². The van der Waals surface area contributed by atoms with Gasteiger partial charge >= 0.3 is 6.03 Å². The van der Waals surface area contributed by atoms with Gasteiger partial charge in [-0.15, -0.1) is 0 Å². The summed E-state index contributed by atoms with van der Waals surface area (Å²) in [4.78, 5) is 26.5. The molecule has 0 aliphatic heterocycles. The lowest BCUT2D eigenvalue weighted by atomic mass is 10.2. The first-order valence-electron chi connectivity index (χ1n) is 6.15. The number of nitrogens with zero attached hydrogens (tertiary/aromatic N) is 1. The molecule has 1 heterocycles. The van der Waals surface area contributed by atoms with E-state index in [1.165, 1.54) is 0 Å². The third-order valence-corrected chi connectivity index (χ3v) is 2.30. The molecular formula is C12H19N5O2. The van der Waals surface area contributed by atoms with E-state index in [0.29, 0.717) is 24.5 Å². The summed E-state index contributed by atoms with van der Waals surface area (Å²) in [6, 6.07) is 2.79. The molecule has 19 heavy (non-hydrogen) atoms. The van der Waals surface area contributed by atoms with E-state index in [4.69, 9.17) is 5.73 Å². The Kier molecular flexibility index (Phi) is 6.14. The Morgan fingerprint density at radius 2 is 2.00 bits per heavy atom. The van der Waals surface area contributed by atoms with E-state index in [0.717, 1.165) is 13.0 Å². The summed E-state index contributed by atoms with van der Waals surface area (Å²) < 4.78 is 0. The normalized spacial score (nSPS) is 9.74. The van der Waals surface area contributed by atoms with Crippen molar-refractivity contribution in [2.75, 3.05) is 25.0 Å². The number of nitrogens with two attached hydrogens (primary N) is 1. The second-order valence-electron chi connectivity index (χ2n) is 3.87. The number of pyridine rings is 1. The number of hydrogen-bond donors (Lipinski definition) is 4. The number of urea groups is 1. The lowest BCUT2D eigenvalue weighted by Gasteiger charge is -2.10. The number of carbonyl (C=O) groups is 2. The quantitative estimate of drug-likeness (QED) is 0.532. The van der Waals surface area contributed by atoms with E-state index in [1.54, 1.807) is 18.3 Å². The molecular weight excluding hydrogens is 246 g/mol. The van der Waals surface area contributed by atoms with Crippen LogP contribution in [-0.2, 0) is 0 Å². The molecule has 3 amide bonds. The van der Waals surface area contributed by atoms with Crippen LogP contribution < -0.4 is 21.7 Å². The van der Waals surface area contributed by atoms with Gasteiger partial charge in [0.25, 0.3) is 5.91 Å². The van der Waals surface area contributed by atoms with Crippen molar-refractivity contribution in [2.24, 2.45) is 5.73 Å². The van der Waals surface area contributed by atoms with E-state index in [2.05, 4.69) is 20.9 Å². The summed E-state index contributed by atoms with van der Waals surface area (Å²) >= 11 is 0. The van der Waals surface area contributed by atoms with Crippen LogP contribution in [0.15, 0.2) is 18.3 Å². The molecule has 0 unspecified atom stereocenters. The number of hydrogen-bond acceptors (Lipinski definition) is 4. The van der Waals surface area contributed by atoms with Gasteiger partial charge in [-0.1, -0.05) is 6.92 Å². The Bertz CT molecular complexity index is 436. The molecule has 0 saturated heterocycles. The SMILES string of the molecule is CCCNc1ncccc1C(=O)NCCNC(N)=O. The maximum Gasteiger partial charge on any atom is 0.312 e. The summed E-state index contributed by atoms with van der Waals surface area (Å²) in [6.07, 6.45) is 2.57. The molecule has 0 aromatic carbocycles. The van der Waals surface area contributed by atoms with Crippen molar-refractivity contribution in [1.29, 1.82) is 0 Å². The lowest BCUT2D eigenvalue weighted by molar-refractivity contribution is 0.0954. The summed E-state index contributed by atoms with van der Waals surface area (Å²) in [6.45, 7) is 3.38. The molecule has 1 aromatic heterocycles. The van der Waals surface area contributed by atoms with Crippen LogP contribution in [0, 0.1) is 0 Å². The Balaban J connectivity index is 2.53. The van der Waals surface area contributed by atoms with Gasteiger partial charge in [-0.05, 0) is 18.6 Å². The number of primary amides is 1.